The van der Waals surface area contributed by atoms with Gasteiger partial charge in [-0.3, -0.25) is 4.98 Å². The normalized spacial score (nSPS) is 11.6. The molecule has 0 saturated carbocycles. The van der Waals surface area contributed by atoms with Crippen LogP contribution in [0, 0.1) is 0 Å². The number of hydrogen-bond acceptors (Lipinski definition) is 3. The van der Waals surface area contributed by atoms with E-state index in [1.807, 2.05) is 36.4 Å². The van der Waals surface area contributed by atoms with Crippen LogP contribution in [0.25, 0.3) is 10.9 Å². The van der Waals surface area contributed by atoms with Crippen LogP contribution in [0.1, 0.15) is 31.9 Å². The van der Waals surface area contributed by atoms with Gasteiger partial charge in [-0.05, 0) is 35.2 Å². The summed E-state index contributed by atoms with van der Waals surface area (Å²) >= 11 is 0. The molecule has 118 valence electrons. The van der Waals surface area contributed by atoms with Crippen molar-refractivity contribution >= 4 is 16.6 Å². The first-order valence-electron chi connectivity index (χ1n) is 7.85. The predicted octanol–water partition coefficient (Wildman–Crippen LogP) is 4.85. The molecule has 0 aliphatic rings. The SMILES string of the molecule is CC(C)(C)c1ccc(O)c(CNc2cccc3cccnc23)c1. The van der Waals surface area contributed by atoms with Gasteiger partial charge in [0.15, 0.2) is 0 Å². The number of fused-ring (bicyclic) bond motifs is 1. The maximum absolute atomic E-state index is 10.1. The van der Waals surface area contributed by atoms with E-state index in [2.05, 4.69) is 37.1 Å². The van der Waals surface area contributed by atoms with E-state index in [0.717, 1.165) is 22.2 Å². The van der Waals surface area contributed by atoms with Gasteiger partial charge in [-0.25, -0.2) is 0 Å². The second kappa shape index (κ2) is 5.92. The summed E-state index contributed by atoms with van der Waals surface area (Å²) in [5.74, 6) is 0.318. The molecule has 3 heteroatoms. The van der Waals surface area contributed by atoms with Crippen molar-refractivity contribution in [1.82, 2.24) is 4.98 Å². The molecule has 2 aromatic carbocycles. The van der Waals surface area contributed by atoms with Crippen molar-refractivity contribution < 1.29 is 5.11 Å². The number of benzene rings is 2. The van der Waals surface area contributed by atoms with Crippen molar-refractivity contribution in [3.63, 3.8) is 0 Å². The van der Waals surface area contributed by atoms with E-state index >= 15 is 0 Å². The molecule has 0 aliphatic heterocycles. The van der Waals surface area contributed by atoms with Crippen LogP contribution in [0.3, 0.4) is 0 Å². The minimum Gasteiger partial charge on any atom is -0.508 e. The van der Waals surface area contributed by atoms with Gasteiger partial charge in [-0.2, -0.15) is 0 Å². The number of anilines is 1. The maximum atomic E-state index is 10.1. The summed E-state index contributed by atoms with van der Waals surface area (Å²) in [5.41, 5.74) is 4.09. The van der Waals surface area contributed by atoms with Crippen LogP contribution in [0.2, 0.25) is 0 Å². The van der Waals surface area contributed by atoms with Crippen molar-refractivity contribution in [3.05, 3.63) is 65.9 Å². The lowest BCUT2D eigenvalue weighted by molar-refractivity contribution is 0.467. The summed E-state index contributed by atoms with van der Waals surface area (Å²) in [6.07, 6.45) is 1.80. The van der Waals surface area contributed by atoms with Crippen LogP contribution in [-0.2, 0) is 12.0 Å². The molecule has 3 rings (SSSR count). The molecule has 0 aliphatic carbocycles. The molecular weight excluding hydrogens is 284 g/mol. The molecule has 2 N–H and O–H groups in total. The molecule has 3 nitrogen and oxygen atoms in total. The first kappa shape index (κ1) is 15.3. The summed E-state index contributed by atoms with van der Waals surface area (Å²) in [6.45, 7) is 7.08. The molecule has 1 heterocycles. The van der Waals surface area contributed by atoms with Gasteiger partial charge >= 0.3 is 0 Å². The lowest BCUT2D eigenvalue weighted by Gasteiger charge is -2.20. The van der Waals surface area contributed by atoms with Gasteiger partial charge in [-0.15, -0.1) is 0 Å². The molecule has 0 amide bonds. The second-order valence-electron chi connectivity index (χ2n) is 6.83. The number of phenols is 1. The van der Waals surface area contributed by atoms with Crippen molar-refractivity contribution in [2.24, 2.45) is 0 Å². The fourth-order valence-corrected chi connectivity index (χ4v) is 2.63. The molecular formula is C20H22N2O. The lowest BCUT2D eigenvalue weighted by Crippen LogP contribution is -2.12. The Kier molecular flexibility index (Phi) is 3.95. The summed E-state index contributed by atoms with van der Waals surface area (Å²) in [5, 5.41) is 14.6. The van der Waals surface area contributed by atoms with E-state index in [4.69, 9.17) is 0 Å². The first-order valence-corrected chi connectivity index (χ1v) is 7.85. The molecule has 0 fully saturated rings. The second-order valence-corrected chi connectivity index (χ2v) is 6.83. The highest BCUT2D eigenvalue weighted by Crippen LogP contribution is 2.28. The Morgan fingerprint density at radius 3 is 2.61 bits per heavy atom. The zero-order valence-electron chi connectivity index (χ0n) is 13.8. The van der Waals surface area contributed by atoms with E-state index < -0.39 is 0 Å². The van der Waals surface area contributed by atoms with Crippen LogP contribution in [-0.4, -0.2) is 10.1 Å². The third-order valence-electron chi connectivity index (χ3n) is 4.05. The molecule has 0 radical (unpaired) electrons. The fourth-order valence-electron chi connectivity index (χ4n) is 2.63. The van der Waals surface area contributed by atoms with Crippen LogP contribution in [0.5, 0.6) is 5.75 Å². The third-order valence-corrected chi connectivity index (χ3v) is 4.05. The Labute approximate surface area is 137 Å². The van der Waals surface area contributed by atoms with Crippen LogP contribution >= 0.6 is 0 Å². The highest BCUT2D eigenvalue weighted by Gasteiger charge is 2.15. The Balaban J connectivity index is 1.88. The minimum absolute atomic E-state index is 0.0590. The molecule has 0 atom stereocenters. The van der Waals surface area contributed by atoms with Crippen molar-refractivity contribution in [2.75, 3.05) is 5.32 Å². The van der Waals surface area contributed by atoms with Gasteiger partial charge in [0.25, 0.3) is 0 Å². The molecule has 23 heavy (non-hydrogen) atoms. The molecule has 0 spiro atoms. The number of para-hydroxylation sites is 1. The van der Waals surface area contributed by atoms with Gasteiger partial charge in [-0.1, -0.05) is 45.0 Å². The van der Waals surface area contributed by atoms with Gasteiger partial charge < -0.3 is 10.4 Å². The van der Waals surface area contributed by atoms with Crippen LogP contribution in [0.4, 0.5) is 5.69 Å². The van der Waals surface area contributed by atoms with E-state index in [-0.39, 0.29) is 5.41 Å². The summed E-state index contributed by atoms with van der Waals surface area (Å²) in [4.78, 5) is 4.45. The maximum Gasteiger partial charge on any atom is 0.120 e. The van der Waals surface area contributed by atoms with E-state index in [0.29, 0.717) is 12.3 Å². The van der Waals surface area contributed by atoms with Crippen molar-refractivity contribution in [2.45, 2.75) is 32.7 Å². The number of pyridine rings is 1. The number of hydrogen-bond donors (Lipinski definition) is 2. The Morgan fingerprint density at radius 2 is 1.83 bits per heavy atom. The Bertz CT molecular complexity index is 829. The lowest BCUT2D eigenvalue weighted by atomic mass is 9.86. The number of nitrogens with one attached hydrogen (secondary N) is 1. The summed E-state index contributed by atoms with van der Waals surface area (Å²) in [7, 11) is 0. The third kappa shape index (κ3) is 3.29. The standard InChI is InChI=1S/C20H22N2O/c1-20(2,3)16-9-10-18(23)15(12-16)13-22-17-8-4-6-14-7-5-11-21-19(14)17/h4-12,22-23H,13H2,1-3H3. The van der Waals surface area contributed by atoms with Gasteiger partial charge in [0.05, 0.1) is 11.2 Å². The molecule has 0 saturated heterocycles. The summed E-state index contributed by atoms with van der Waals surface area (Å²) < 4.78 is 0. The number of phenolic OH excluding ortho intramolecular Hbond substituents is 1. The minimum atomic E-state index is 0.0590. The molecule has 0 unspecified atom stereocenters. The van der Waals surface area contributed by atoms with Crippen LogP contribution in [0.15, 0.2) is 54.7 Å². The van der Waals surface area contributed by atoms with Crippen molar-refractivity contribution in [3.8, 4) is 5.75 Å². The predicted molar refractivity (Wildman–Crippen MR) is 95.9 cm³/mol. The molecule has 3 aromatic rings. The smallest absolute Gasteiger partial charge is 0.120 e. The molecule has 1 aromatic heterocycles. The number of nitrogens with zero attached hydrogens (tertiary/aromatic N) is 1. The molecule has 0 bridgehead atoms. The van der Waals surface area contributed by atoms with Gasteiger partial charge in [0.2, 0.25) is 0 Å². The van der Waals surface area contributed by atoms with Gasteiger partial charge in [0, 0.05) is 23.7 Å². The van der Waals surface area contributed by atoms with Gasteiger partial charge in [0.1, 0.15) is 5.75 Å². The quantitative estimate of drug-likeness (QED) is 0.727. The van der Waals surface area contributed by atoms with E-state index in [1.165, 1.54) is 5.56 Å². The van der Waals surface area contributed by atoms with Crippen molar-refractivity contribution in [1.29, 1.82) is 0 Å². The van der Waals surface area contributed by atoms with Crippen LogP contribution < -0.4 is 5.32 Å². The highest BCUT2D eigenvalue weighted by molar-refractivity contribution is 5.90. The largest absolute Gasteiger partial charge is 0.508 e. The number of aromatic hydroxyl groups is 1. The Morgan fingerprint density at radius 1 is 1.04 bits per heavy atom. The topological polar surface area (TPSA) is 45.1 Å². The summed E-state index contributed by atoms with van der Waals surface area (Å²) in [6, 6.07) is 15.9. The average molecular weight is 306 g/mol. The number of aromatic nitrogens is 1. The zero-order chi connectivity index (χ0) is 16.4. The van der Waals surface area contributed by atoms with E-state index in [1.54, 1.807) is 12.3 Å². The first-order chi connectivity index (χ1) is 10.9. The fraction of sp³-hybridized carbons (Fsp3) is 0.250. The Hall–Kier alpha value is -2.55. The zero-order valence-corrected chi connectivity index (χ0v) is 13.8. The average Bonchev–Trinajstić information content (AvgIpc) is 2.53. The monoisotopic (exact) mass is 306 g/mol. The highest BCUT2D eigenvalue weighted by atomic mass is 16.3. The van der Waals surface area contributed by atoms with E-state index in [9.17, 15) is 5.11 Å². The number of rotatable bonds is 3.